The zero-order valence-corrected chi connectivity index (χ0v) is 38.3. The number of rotatable bonds is 20. The second-order valence-corrected chi connectivity index (χ2v) is 16.9. The van der Waals surface area contributed by atoms with Crippen molar-refractivity contribution < 1.29 is 24.3 Å². The molecule has 69 heavy (non-hydrogen) atoms. The number of aromatic nitrogens is 4. The summed E-state index contributed by atoms with van der Waals surface area (Å²) >= 11 is 0. The van der Waals surface area contributed by atoms with Gasteiger partial charge in [0, 0.05) is 36.6 Å². The standard InChI is InChI=1S/C56H54N8O5/c1-39(61-51(65)49(33-47-35-57-37-59-47)63-55(41-21-9-3-10-22-41,42-23-11-4-12-24-42)43-25-13-5-14-26-43)53(67)64(50(34-48-36-58-38-60-48)52(66)62-40(2)54(68)69)56(44-27-15-6-16-28-44,45-29-17-7-18-30-45)46-31-19-8-20-32-46/h3-32,35-40,49-50,63H,33-34H2,1-2H3,(H,57,59)(H,58,60)(H,61,65)(H,62,66)(H,68,69)/t39-,40-,49-,50-/m0/s1. The predicted molar refractivity (Wildman–Crippen MR) is 263 cm³/mol. The van der Waals surface area contributed by atoms with Gasteiger partial charge in [-0.3, -0.25) is 24.5 Å². The maximum absolute atomic E-state index is 16.3. The van der Waals surface area contributed by atoms with E-state index in [4.69, 9.17) is 0 Å². The predicted octanol–water partition coefficient (Wildman–Crippen LogP) is 7.15. The number of amides is 3. The smallest absolute Gasteiger partial charge is 0.325 e. The van der Waals surface area contributed by atoms with Crippen LogP contribution >= 0.6 is 0 Å². The van der Waals surface area contributed by atoms with Crippen LogP contribution in [0.2, 0.25) is 0 Å². The van der Waals surface area contributed by atoms with Crippen LogP contribution in [-0.2, 0) is 43.1 Å². The summed E-state index contributed by atoms with van der Waals surface area (Å²) in [4.78, 5) is 75.4. The molecule has 8 aromatic rings. The third-order valence-corrected chi connectivity index (χ3v) is 12.5. The Hall–Kier alpha value is -8.42. The number of imidazole rings is 2. The average molecular weight is 919 g/mol. The molecule has 13 heteroatoms. The van der Waals surface area contributed by atoms with E-state index in [0.29, 0.717) is 28.1 Å². The third kappa shape index (κ3) is 10.00. The first kappa shape index (κ1) is 47.1. The molecule has 6 aromatic carbocycles. The van der Waals surface area contributed by atoms with Gasteiger partial charge in [0.15, 0.2) is 0 Å². The van der Waals surface area contributed by atoms with Crippen molar-refractivity contribution in [2.24, 2.45) is 0 Å². The Labute approximate surface area is 401 Å². The van der Waals surface area contributed by atoms with Crippen LogP contribution in [0, 0.1) is 0 Å². The first-order valence-corrected chi connectivity index (χ1v) is 22.8. The van der Waals surface area contributed by atoms with E-state index in [2.05, 4.69) is 35.9 Å². The lowest BCUT2D eigenvalue weighted by Crippen LogP contribution is -2.65. The molecule has 0 fully saturated rings. The molecule has 2 aromatic heterocycles. The lowest BCUT2D eigenvalue weighted by atomic mass is 9.74. The average Bonchev–Trinajstić information content (AvgIpc) is 4.13. The lowest BCUT2D eigenvalue weighted by molar-refractivity contribution is -0.149. The highest BCUT2D eigenvalue weighted by molar-refractivity contribution is 5.95. The topological polar surface area (TPSA) is 185 Å². The maximum Gasteiger partial charge on any atom is 0.325 e. The molecule has 13 nitrogen and oxygen atoms in total. The van der Waals surface area contributed by atoms with Gasteiger partial charge in [0.05, 0.1) is 24.2 Å². The van der Waals surface area contributed by atoms with Gasteiger partial charge < -0.3 is 30.6 Å². The number of aliphatic carboxylic acids is 1. The molecule has 0 aliphatic heterocycles. The normalized spacial score (nSPS) is 13.3. The number of aromatic amines is 2. The van der Waals surface area contributed by atoms with Crippen molar-refractivity contribution in [2.45, 2.75) is 61.9 Å². The van der Waals surface area contributed by atoms with Crippen LogP contribution in [0.15, 0.2) is 207 Å². The summed E-state index contributed by atoms with van der Waals surface area (Å²) in [6.45, 7) is 2.98. The number of carbonyl (C=O) groups excluding carboxylic acids is 3. The van der Waals surface area contributed by atoms with E-state index >= 15 is 14.4 Å². The van der Waals surface area contributed by atoms with Gasteiger partial charge in [-0.25, -0.2) is 9.97 Å². The van der Waals surface area contributed by atoms with E-state index in [-0.39, 0.29) is 12.8 Å². The van der Waals surface area contributed by atoms with E-state index in [1.54, 1.807) is 25.6 Å². The maximum atomic E-state index is 16.3. The second kappa shape index (κ2) is 21.5. The highest BCUT2D eigenvalue weighted by atomic mass is 16.4. The molecule has 8 rings (SSSR count). The first-order valence-electron chi connectivity index (χ1n) is 22.8. The number of benzene rings is 6. The van der Waals surface area contributed by atoms with Gasteiger partial charge in [-0.1, -0.05) is 182 Å². The van der Waals surface area contributed by atoms with Crippen LogP contribution in [0.4, 0.5) is 0 Å². The highest BCUT2D eigenvalue weighted by Crippen LogP contribution is 2.45. The van der Waals surface area contributed by atoms with Crippen LogP contribution in [0.25, 0.3) is 0 Å². The van der Waals surface area contributed by atoms with Gasteiger partial charge in [0.1, 0.15) is 23.7 Å². The Morgan fingerprint density at radius 2 is 0.884 bits per heavy atom. The van der Waals surface area contributed by atoms with Crippen molar-refractivity contribution in [1.82, 2.24) is 40.8 Å². The Morgan fingerprint density at radius 3 is 1.25 bits per heavy atom. The van der Waals surface area contributed by atoms with Crippen LogP contribution < -0.4 is 16.0 Å². The van der Waals surface area contributed by atoms with Crippen molar-refractivity contribution in [3.63, 3.8) is 0 Å². The van der Waals surface area contributed by atoms with Gasteiger partial charge in [0.2, 0.25) is 17.7 Å². The molecule has 0 aliphatic rings. The monoisotopic (exact) mass is 918 g/mol. The fourth-order valence-corrected chi connectivity index (χ4v) is 9.27. The number of carboxylic acid groups (broad SMARTS) is 1. The van der Waals surface area contributed by atoms with E-state index in [0.717, 1.165) is 16.7 Å². The highest BCUT2D eigenvalue weighted by Gasteiger charge is 2.51. The molecule has 0 bridgehead atoms. The molecule has 0 saturated carbocycles. The number of nitrogens with zero attached hydrogens (tertiary/aromatic N) is 3. The lowest BCUT2D eigenvalue weighted by Gasteiger charge is -2.49. The molecule has 0 saturated heterocycles. The number of H-pyrrole nitrogens is 2. The molecule has 0 unspecified atom stereocenters. The summed E-state index contributed by atoms with van der Waals surface area (Å²) < 4.78 is 0. The number of nitrogens with one attached hydrogen (secondary N) is 5. The van der Waals surface area contributed by atoms with Gasteiger partial charge in [-0.15, -0.1) is 0 Å². The molecule has 0 spiro atoms. The van der Waals surface area contributed by atoms with Gasteiger partial charge >= 0.3 is 5.97 Å². The fourth-order valence-electron chi connectivity index (χ4n) is 9.27. The summed E-state index contributed by atoms with van der Waals surface area (Å²) in [7, 11) is 0. The fraction of sp³-hybridized carbons (Fsp3) is 0.179. The Bertz CT molecular complexity index is 2700. The quantitative estimate of drug-likeness (QED) is 0.0436. The van der Waals surface area contributed by atoms with E-state index in [1.165, 1.54) is 18.2 Å². The molecule has 4 atom stereocenters. The number of hydrogen-bond donors (Lipinski definition) is 6. The Morgan fingerprint density at radius 1 is 0.522 bits per heavy atom. The van der Waals surface area contributed by atoms with Crippen LogP contribution in [-0.4, -0.2) is 77.8 Å². The van der Waals surface area contributed by atoms with E-state index in [1.807, 2.05) is 182 Å². The van der Waals surface area contributed by atoms with Crippen molar-refractivity contribution in [3.8, 4) is 0 Å². The summed E-state index contributed by atoms with van der Waals surface area (Å²) in [5, 5.41) is 19.7. The minimum atomic E-state index is -1.55. The third-order valence-electron chi connectivity index (χ3n) is 12.5. The van der Waals surface area contributed by atoms with Crippen molar-refractivity contribution in [2.75, 3.05) is 0 Å². The molecule has 3 amide bonds. The zero-order chi connectivity index (χ0) is 48.2. The number of carboxylic acids is 1. The minimum absolute atomic E-state index is 0.101. The molecular formula is C56H54N8O5. The van der Waals surface area contributed by atoms with Crippen LogP contribution in [0.3, 0.4) is 0 Å². The molecule has 2 heterocycles. The van der Waals surface area contributed by atoms with Crippen LogP contribution in [0.1, 0.15) is 58.6 Å². The van der Waals surface area contributed by atoms with Crippen molar-refractivity contribution in [3.05, 3.63) is 252 Å². The summed E-state index contributed by atoms with van der Waals surface area (Å²) in [6, 6.07) is 52.9. The summed E-state index contributed by atoms with van der Waals surface area (Å²) in [6.07, 6.45) is 6.30. The Balaban J connectivity index is 1.30. The first-order chi connectivity index (χ1) is 33.6. The summed E-state index contributed by atoms with van der Waals surface area (Å²) in [5.74, 6) is -3.11. The summed E-state index contributed by atoms with van der Waals surface area (Å²) in [5.41, 5.74) is 3.10. The van der Waals surface area contributed by atoms with Crippen molar-refractivity contribution in [1.29, 1.82) is 0 Å². The number of carbonyl (C=O) groups is 4. The molecule has 6 N–H and O–H groups in total. The SMILES string of the molecule is C[C@H](NC(=O)[C@H](Cc1cnc[nH]1)N(C(=O)[C@H](C)NC(=O)[C@H](Cc1cnc[nH]1)NC(c1ccccc1)(c1ccccc1)c1ccccc1)C(c1ccccc1)(c1ccccc1)c1ccccc1)C(=O)O. The largest absolute Gasteiger partial charge is 0.480 e. The molecule has 0 aliphatic carbocycles. The van der Waals surface area contributed by atoms with Gasteiger partial charge in [-0.2, -0.15) is 0 Å². The van der Waals surface area contributed by atoms with Gasteiger partial charge in [-0.05, 0) is 47.2 Å². The Kier molecular flexibility index (Phi) is 14.7. The van der Waals surface area contributed by atoms with E-state index < -0.39 is 58.9 Å². The molecule has 348 valence electrons. The molecular weight excluding hydrogens is 865 g/mol. The second-order valence-electron chi connectivity index (χ2n) is 16.9. The number of hydrogen-bond acceptors (Lipinski definition) is 7. The minimum Gasteiger partial charge on any atom is -0.480 e. The van der Waals surface area contributed by atoms with Gasteiger partial charge in [0.25, 0.3) is 0 Å². The van der Waals surface area contributed by atoms with Crippen molar-refractivity contribution >= 4 is 23.7 Å². The molecule has 0 radical (unpaired) electrons. The van der Waals surface area contributed by atoms with E-state index in [9.17, 15) is 9.90 Å². The van der Waals surface area contributed by atoms with Crippen LogP contribution in [0.5, 0.6) is 0 Å². The zero-order valence-electron chi connectivity index (χ0n) is 38.3.